The number of aryl methyl sites for hydroxylation is 1. The molecular weight excluding hydrogens is 226 g/mol. The van der Waals surface area contributed by atoms with Gasteiger partial charge in [0.05, 0.1) is 0 Å². The zero-order valence-corrected chi connectivity index (χ0v) is 11.5. The molecule has 0 radical (unpaired) electrons. The van der Waals surface area contributed by atoms with Crippen molar-refractivity contribution in [3.8, 4) is 0 Å². The number of aromatic nitrogens is 2. The van der Waals surface area contributed by atoms with E-state index in [-0.39, 0.29) is 0 Å². The molecule has 2 N–H and O–H groups in total. The topological polar surface area (TPSA) is 50.3 Å². The van der Waals surface area contributed by atoms with Crippen molar-refractivity contribution >= 4 is 5.82 Å². The van der Waals surface area contributed by atoms with Crippen LogP contribution < -0.4 is 5.73 Å². The number of anilines is 1. The van der Waals surface area contributed by atoms with Crippen molar-refractivity contribution in [2.45, 2.75) is 19.4 Å². The van der Waals surface area contributed by atoms with Gasteiger partial charge in [-0.05, 0) is 52.0 Å². The van der Waals surface area contributed by atoms with Crippen molar-refractivity contribution < 1.29 is 0 Å². The molecule has 1 unspecified atom stereocenters. The molecule has 5 nitrogen and oxygen atoms in total. The largest absolute Gasteiger partial charge is 0.382 e. The fourth-order valence-electron chi connectivity index (χ4n) is 2.71. The van der Waals surface area contributed by atoms with Gasteiger partial charge in [0.1, 0.15) is 5.82 Å². The molecule has 0 bridgehead atoms. The van der Waals surface area contributed by atoms with Crippen LogP contribution in [0.15, 0.2) is 12.3 Å². The molecule has 102 valence electrons. The van der Waals surface area contributed by atoms with Gasteiger partial charge in [0, 0.05) is 25.8 Å². The molecule has 0 spiro atoms. The van der Waals surface area contributed by atoms with Crippen molar-refractivity contribution in [2.75, 3.05) is 46.0 Å². The third-order valence-corrected chi connectivity index (χ3v) is 3.65. The molecule has 1 aromatic heterocycles. The molecule has 2 rings (SSSR count). The van der Waals surface area contributed by atoms with Gasteiger partial charge in [0.2, 0.25) is 0 Å². The zero-order valence-electron chi connectivity index (χ0n) is 11.5. The predicted octanol–water partition coefficient (Wildman–Crippen LogP) is 0.739. The van der Waals surface area contributed by atoms with E-state index in [0.717, 1.165) is 25.4 Å². The monoisotopic (exact) mass is 251 g/mol. The van der Waals surface area contributed by atoms with Gasteiger partial charge < -0.3 is 15.5 Å². The van der Waals surface area contributed by atoms with E-state index in [9.17, 15) is 0 Å². The Kier molecular flexibility index (Phi) is 4.60. The van der Waals surface area contributed by atoms with Crippen LogP contribution in [0.3, 0.4) is 0 Å². The lowest BCUT2D eigenvalue weighted by Gasteiger charge is -2.20. The minimum atomic E-state index is 0.609. The van der Waals surface area contributed by atoms with Crippen LogP contribution >= 0.6 is 0 Å². The van der Waals surface area contributed by atoms with Gasteiger partial charge >= 0.3 is 0 Å². The molecule has 2 heterocycles. The third kappa shape index (κ3) is 3.99. The first-order valence-electron chi connectivity index (χ1n) is 6.79. The molecule has 0 aliphatic carbocycles. The Labute approximate surface area is 110 Å². The second-order valence-corrected chi connectivity index (χ2v) is 5.54. The van der Waals surface area contributed by atoms with Crippen LogP contribution in [-0.2, 0) is 6.54 Å². The Morgan fingerprint density at radius 2 is 2.39 bits per heavy atom. The lowest BCUT2D eigenvalue weighted by molar-refractivity contribution is 0.265. The zero-order chi connectivity index (χ0) is 13.0. The van der Waals surface area contributed by atoms with Crippen molar-refractivity contribution in [2.24, 2.45) is 5.92 Å². The van der Waals surface area contributed by atoms with E-state index in [1.807, 2.05) is 16.9 Å². The SMILES string of the molecule is CN(CCCn1ccc(N)n1)CC1CCN(C)C1. The normalized spacial score (nSPS) is 20.9. The Hall–Kier alpha value is -1.07. The maximum absolute atomic E-state index is 5.59. The second-order valence-electron chi connectivity index (χ2n) is 5.54. The molecule has 0 saturated carbocycles. The van der Waals surface area contributed by atoms with Gasteiger partial charge in [-0.25, -0.2) is 0 Å². The van der Waals surface area contributed by atoms with Crippen LogP contribution in [-0.4, -0.2) is 59.9 Å². The van der Waals surface area contributed by atoms with Gasteiger partial charge in [-0.3, -0.25) is 4.68 Å². The van der Waals surface area contributed by atoms with Gasteiger partial charge in [0.25, 0.3) is 0 Å². The first kappa shape index (κ1) is 13.4. The minimum Gasteiger partial charge on any atom is -0.382 e. The summed E-state index contributed by atoms with van der Waals surface area (Å²) in [6, 6.07) is 1.85. The summed E-state index contributed by atoms with van der Waals surface area (Å²) in [4.78, 5) is 4.86. The quantitative estimate of drug-likeness (QED) is 0.810. The van der Waals surface area contributed by atoms with Crippen molar-refractivity contribution in [3.05, 3.63) is 12.3 Å². The first-order valence-corrected chi connectivity index (χ1v) is 6.79. The Balaban J connectivity index is 1.61. The number of nitrogens with two attached hydrogens (primary N) is 1. The summed E-state index contributed by atoms with van der Waals surface area (Å²) in [5.41, 5.74) is 5.59. The smallest absolute Gasteiger partial charge is 0.145 e. The highest BCUT2D eigenvalue weighted by atomic mass is 15.3. The summed E-state index contributed by atoms with van der Waals surface area (Å²) in [5.74, 6) is 1.46. The Bertz CT molecular complexity index is 362. The van der Waals surface area contributed by atoms with E-state index >= 15 is 0 Å². The number of rotatable bonds is 6. The summed E-state index contributed by atoms with van der Waals surface area (Å²) >= 11 is 0. The highest BCUT2D eigenvalue weighted by molar-refractivity contribution is 5.23. The number of hydrogen-bond donors (Lipinski definition) is 1. The molecule has 0 amide bonds. The standard InChI is InChI=1S/C13H25N5/c1-16(10-12-4-8-17(2)11-12)6-3-7-18-9-5-13(14)15-18/h5,9,12H,3-4,6-8,10-11H2,1-2H3,(H2,14,15). The predicted molar refractivity (Wildman–Crippen MR) is 74.4 cm³/mol. The number of likely N-dealkylation sites (tertiary alicyclic amines) is 1. The van der Waals surface area contributed by atoms with Crippen LogP contribution in [0.4, 0.5) is 5.82 Å². The van der Waals surface area contributed by atoms with Crippen molar-refractivity contribution in [1.29, 1.82) is 0 Å². The van der Waals surface area contributed by atoms with Crippen LogP contribution in [0.1, 0.15) is 12.8 Å². The third-order valence-electron chi connectivity index (χ3n) is 3.65. The molecule has 1 aliphatic heterocycles. The maximum atomic E-state index is 5.59. The molecule has 1 aromatic rings. The summed E-state index contributed by atoms with van der Waals surface area (Å²) in [5, 5.41) is 4.19. The summed E-state index contributed by atoms with van der Waals surface area (Å²) in [7, 11) is 4.43. The highest BCUT2D eigenvalue weighted by Gasteiger charge is 2.20. The van der Waals surface area contributed by atoms with Gasteiger partial charge in [-0.1, -0.05) is 0 Å². The molecule has 1 aliphatic rings. The summed E-state index contributed by atoms with van der Waals surface area (Å²) < 4.78 is 1.92. The number of nitrogens with zero attached hydrogens (tertiary/aromatic N) is 4. The maximum Gasteiger partial charge on any atom is 0.145 e. The lowest BCUT2D eigenvalue weighted by atomic mass is 10.1. The Morgan fingerprint density at radius 3 is 3.00 bits per heavy atom. The van der Waals surface area contributed by atoms with Gasteiger partial charge in [-0.15, -0.1) is 0 Å². The summed E-state index contributed by atoms with van der Waals surface area (Å²) in [6.45, 7) is 5.79. The number of nitrogen functional groups attached to an aromatic ring is 1. The van der Waals surface area contributed by atoms with Crippen LogP contribution in [0.5, 0.6) is 0 Å². The van der Waals surface area contributed by atoms with Crippen LogP contribution in [0, 0.1) is 5.92 Å². The summed E-state index contributed by atoms with van der Waals surface area (Å²) in [6.07, 6.45) is 4.41. The average molecular weight is 251 g/mol. The molecule has 18 heavy (non-hydrogen) atoms. The van der Waals surface area contributed by atoms with Gasteiger partial charge in [-0.2, -0.15) is 5.10 Å². The van der Waals surface area contributed by atoms with Crippen molar-refractivity contribution in [3.63, 3.8) is 0 Å². The fraction of sp³-hybridized carbons (Fsp3) is 0.769. The first-order chi connectivity index (χ1) is 8.63. The van der Waals surface area contributed by atoms with E-state index < -0.39 is 0 Å². The van der Waals surface area contributed by atoms with Crippen molar-refractivity contribution in [1.82, 2.24) is 19.6 Å². The van der Waals surface area contributed by atoms with Crippen LogP contribution in [0.25, 0.3) is 0 Å². The van der Waals surface area contributed by atoms with E-state index in [0.29, 0.717) is 5.82 Å². The highest BCUT2D eigenvalue weighted by Crippen LogP contribution is 2.15. The molecular formula is C13H25N5. The van der Waals surface area contributed by atoms with E-state index in [1.165, 1.54) is 26.1 Å². The molecule has 1 fully saturated rings. The number of hydrogen-bond acceptors (Lipinski definition) is 4. The van der Waals surface area contributed by atoms with E-state index in [2.05, 4.69) is 29.0 Å². The molecule has 1 saturated heterocycles. The molecule has 1 atom stereocenters. The average Bonchev–Trinajstić information content (AvgIpc) is 2.88. The fourth-order valence-corrected chi connectivity index (χ4v) is 2.71. The van der Waals surface area contributed by atoms with E-state index in [4.69, 9.17) is 5.73 Å². The molecule has 5 heteroatoms. The minimum absolute atomic E-state index is 0.609. The van der Waals surface area contributed by atoms with E-state index in [1.54, 1.807) is 0 Å². The second kappa shape index (κ2) is 6.20. The van der Waals surface area contributed by atoms with Gasteiger partial charge in [0.15, 0.2) is 0 Å². The Morgan fingerprint density at radius 1 is 1.56 bits per heavy atom. The van der Waals surface area contributed by atoms with Crippen LogP contribution in [0.2, 0.25) is 0 Å². The molecule has 0 aromatic carbocycles. The lowest BCUT2D eigenvalue weighted by Crippen LogP contribution is -2.28.